The number of sulfone groups is 1. The molecule has 4 nitrogen and oxygen atoms in total. The van der Waals surface area contributed by atoms with Crippen LogP contribution in [0.3, 0.4) is 0 Å². The van der Waals surface area contributed by atoms with E-state index in [0.29, 0.717) is 5.56 Å². The molecule has 0 heterocycles. The number of hydrogen-bond donors (Lipinski definition) is 1. The minimum Gasteiger partial charge on any atom is -0.495 e. The van der Waals surface area contributed by atoms with E-state index in [0.717, 1.165) is 12.3 Å². The molecule has 0 fully saturated rings. The predicted octanol–water partition coefficient (Wildman–Crippen LogP) is 1.33. The normalized spacial score (nSPS) is 13.5. The van der Waals surface area contributed by atoms with Gasteiger partial charge in [0.25, 0.3) is 0 Å². The van der Waals surface area contributed by atoms with Gasteiger partial charge in [-0.2, -0.15) is 0 Å². The van der Waals surface area contributed by atoms with Crippen molar-refractivity contribution in [3.05, 3.63) is 23.5 Å². The Balaban J connectivity index is 3.57. The summed E-state index contributed by atoms with van der Waals surface area (Å²) in [6.45, 7) is 1.44. The van der Waals surface area contributed by atoms with Gasteiger partial charge in [-0.3, -0.25) is 0 Å². The third-order valence-corrected chi connectivity index (χ3v) is 3.56. The third-order valence-electron chi connectivity index (χ3n) is 2.46. The van der Waals surface area contributed by atoms with Gasteiger partial charge in [-0.1, -0.05) is 6.92 Å². The number of aliphatic hydroxyl groups excluding tert-OH is 1. The van der Waals surface area contributed by atoms with Crippen LogP contribution >= 0.6 is 0 Å². The summed E-state index contributed by atoms with van der Waals surface area (Å²) >= 11 is 0. The molecule has 1 aromatic rings. The average molecular weight is 262 g/mol. The van der Waals surface area contributed by atoms with Crippen molar-refractivity contribution in [3.8, 4) is 5.75 Å². The molecule has 0 aromatic heterocycles. The Labute approximate surface area is 100.0 Å². The maximum Gasteiger partial charge on any atom is 0.179 e. The second-order valence-corrected chi connectivity index (χ2v) is 5.87. The largest absolute Gasteiger partial charge is 0.495 e. The van der Waals surface area contributed by atoms with Gasteiger partial charge in [-0.25, -0.2) is 12.8 Å². The first-order chi connectivity index (χ1) is 7.81. The molecule has 1 N–H and O–H groups in total. The summed E-state index contributed by atoms with van der Waals surface area (Å²) in [6.07, 6.45) is 0.984. The Morgan fingerprint density at radius 3 is 2.47 bits per heavy atom. The molecule has 0 spiro atoms. The Kier molecular flexibility index (Phi) is 4.11. The summed E-state index contributed by atoms with van der Waals surface area (Å²) in [5, 5.41) is 9.07. The topological polar surface area (TPSA) is 63.6 Å². The van der Waals surface area contributed by atoms with Crippen LogP contribution < -0.4 is 4.74 Å². The van der Waals surface area contributed by atoms with Crippen molar-refractivity contribution >= 4 is 9.84 Å². The number of rotatable bonds is 4. The lowest BCUT2D eigenvalue weighted by atomic mass is 10.0. The van der Waals surface area contributed by atoms with E-state index in [1.165, 1.54) is 13.2 Å². The van der Waals surface area contributed by atoms with E-state index in [1.54, 1.807) is 6.92 Å². The highest BCUT2D eigenvalue weighted by Crippen LogP contribution is 2.33. The van der Waals surface area contributed by atoms with E-state index in [1.807, 2.05) is 0 Å². The Bertz CT molecular complexity index is 510. The highest BCUT2D eigenvalue weighted by atomic mass is 32.2. The lowest BCUT2D eigenvalue weighted by Gasteiger charge is -2.16. The van der Waals surface area contributed by atoms with Crippen molar-refractivity contribution in [2.75, 3.05) is 20.0 Å². The van der Waals surface area contributed by atoms with Gasteiger partial charge in [-0.15, -0.1) is 0 Å². The molecule has 1 rings (SSSR count). The molecule has 1 unspecified atom stereocenters. The summed E-state index contributed by atoms with van der Waals surface area (Å²) in [4.78, 5) is -0.199. The van der Waals surface area contributed by atoms with Gasteiger partial charge in [0.1, 0.15) is 16.5 Å². The van der Waals surface area contributed by atoms with Gasteiger partial charge in [0.2, 0.25) is 0 Å². The molecule has 0 aliphatic rings. The number of hydrogen-bond acceptors (Lipinski definition) is 4. The van der Waals surface area contributed by atoms with Crippen molar-refractivity contribution in [1.82, 2.24) is 0 Å². The van der Waals surface area contributed by atoms with Crippen molar-refractivity contribution in [1.29, 1.82) is 0 Å². The molecular formula is C11H15FO4S. The van der Waals surface area contributed by atoms with E-state index in [-0.39, 0.29) is 17.3 Å². The van der Waals surface area contributed by atoms with Gasteiger partial charge in [-0.05, 0) is 12.1 Å². The molecule has 0 saturated heterocycles. The summed E-state index contributed by atoms with van der Waals surface area (Å²) in [5.41, 5.74) is 0.343. The van der Waals surface area contributed by atoms with Crippen LogP contribution in [-0.4, -0.2) is 33.5 Å². The van der Waals surface area contributed by atoms with Crippen molar-refractivity contribution < 1.29 is 22.7 Å². The number of ether oxygens (including phenoxy) is 1. The van der Waals surface area contributed by atoms with Crippen LogP contribution in [0.25, 0.3) is 0 Å². The summed E-state index contributed by atoms with van der Waals surface area (Å²) < 4.78 is 41.4. The monoisotopic (exact) mass is 262 g/mol. The van der Waals surface area contributed by atoms with Crippen LogP contribution in [0.2, 0.25) is 0 Å². The van der Waals surface area contributed by atoms with Crippen molar-refractivity contribution in [2.45, 2.75) is 17.7 Å². The van der Waals surface area contributed by atoms with Crippen LogP contribution in [0.4, 0.5) is 4.39 Å². The zero-order valence-electron chi connectivity index (χ0n) is 9.90. The predicted molar refractivity (Wildman–Crippen MR) is 61.6 cm³/mol. The van der Waals surface area contributed by atoms with E-state index in [9.17, 15) is 12.8 Å². The summed E-state index contributed by atoms with van der Waals surface area (Å²) in [6, 6.07) is 2.09. The number of halogens is 1. The first-order valence-corrected chi connectivity index (χ1v) is 6.88. The fraction of sp³-hybridized carbons (Fsp3) is 0.455. The summed E-state index contributed by atoms with van der Waals surface area (Å²) in [5.74, 6) is -0.974. The zero-order chi connectivity index (χ0) is 13.2. The fourth-order valence-corrected chi connectivity index (χ4v) is 2.41. The van der Waals surface area contributed by atoms with Crippen molar-refractivity contribution in [3.63, 3.8) is 0 Å². The Hall–Kier alpha value is -1.14. The van der Waals surface area contributed by atoms with E-state index in [2.05, 4.69) is 0 Å². The first kappa shape index (κ1) is 13.9. The molecule has 0 radical (unpaired) electrons. The standard InChI is InChI=1S/C11H15FO4S/c1-7(6-13)9-4-8(12)5-10(11(9)16-2)17(3,14)15/h4-5,7,13H,6H2,1-3H3. The molecule has 0 aliphatic carbocycles. The first-order valence-electron chi connectivity index (χ1n) is 4.99. The lowest BCUT2D eigenvalue weighted by Crippen LogP contribution is -2.08. The van der Waals surface area contributed by atoms with Gasteiger partial charge >= 0.3 is 0 Å². The zero-order valence-corrected chi connectivity index (χ0v) is 10.7. The second kappa shape index (κ2) is 5.01. The van der Waals surface area contributed by atoms with Crippen LogP contribution in [0.5, 0.6) is 5.75 Å². The molecule has 1 atom stereocenters. The van der Waals surface area contributed by atoms with Crippen molar-refractivity contribution in [2.24, 2.45) is 0 Å². The lowest BCUT2D eigenvalue weighted by molar-refractivity contribution is 0.268. The quantitative estimate of drug-likeness (QED) is 0.889. The molecule has 17 heavy (non-hydrogen) atoms. The highest BCUT2D eigenvalue weighted by Gasteiger charge is 2.22. The van der Waals surface area contributed by atoms with Crippen LogP contribution in [0.1, 0.15) is 18.4 Å². The average Bonchev–Trinajstić information content (AvgIpc) is 2.25. The van der Waals surface area contributed by atoms with Gasteiger partial charge in [0.15, 0.2) is 9.84 Å². The third kappa shape index (κ3) is 2.95. The maximum atomic E-state index is 13.4. The molecule has 0 amide bonds. The maximum absolute atomic E-state index is 13.4. The van der Waals surface area contributed by atoms with E-state index in [4.69, 9.17) is 9.84 Å². The van der Waals surface area contributed by atoms with Gasteiger partial charge < -0.3 is 9.84 Å². The smallest absolute Gasteiger partial charge is 0.179 e. The molecule has 96 valence electrons. The van der Waals surface area contributed by atoms with Gasteiger partial charge in [0.05, 0.1) is 7.11 Å². The fourth-order valence-electron chi connectivity index (χ4n) is 1.55. The van der Waals surface area contributed by atoms with Crippen LogP contribution in [0, 0.1) is 5.82 Å². The molecule has 1 aromatic carbocycles. The molecule has 0 saturated carbocycles. The second-order valence-electron chi connectivity index (χ2n) is 3.88. The van der Waals surface area contributed by atoms with Gasteiger partial charge in [0, 0.05) is 24.3 Å². The number of methoxy groups -OCH3 is 1. The minimum atomic E-state index is -3.58. The van der Waals surface area contributed by atoms with E-state index < -0.39 is 21.6 Å². The highest BCUT2D eigenvalue weighted by molar-refractivity contribution is 7.90. The minimum absolute atomic E-state index is 0.0930. The molecular weight excluding hydrogens is 247 g/mol. The number of aliphatic hydroxyl groups is 1. The van der Waals surface area contributed by atoms with Crippen LogP contribution in [0.15, 0.2) is 17.0 Å². The Morgan fingerprint density at radius 2 is 2.06 bits per heavy atom. The SMILES string of the molecule is COc1c(C(C)CO)cc(F)cc1S(C)(=O)=O. The van der Waals surface area contributed by atoms with E-state index >= 15 is 0 Å². The summed E-state index contributed by atoms with van der Waals surface area (Å²) in [7, 11) is -2.26. The molecule has 0 bridgehead atoms. The molecule has 0 aliphatic heterocycles. The van der Waals surface area contributed by atoms with Crippen LogP contribution in [-0.2, 0) is 9.84 Å². The molecule has 6 heteroatoms. The Morgan fingerprint density at radius 1 is 1.47 bits per heavy atom. The number of benzene rings is 1.